The van der Waals surface area contributed by atoms with Gasteiger partial charge in [-0.3, -0.25) is 9.36 Å². The summed E-state index contributed by atoms with van der Waals surface area (Å²) in [5.74, 6) is 1.49. The Balaban J connectivity index is 1.74. The van der Waals surface area contributed by atoms with E-state index in [0.29, 0.717) is 27.6 Å². The molecule has 0 bridgehead atoms. The van der Waals surface area contributed by atoms with Crippen LogP contribution in [0.2, 0.25) is 5.02 Å². The van der Waals surface area contributed by atoms with E-state index in [4.69, 9.17) is 20.8 Å². The molecule has 0 amide bonds. The number of hydrogen-bond acceptors (Lipinski definition) is 5. The molecule has 1 atom stereocenters. The Morgan fingerprint density at radius 1 is 1.36 bits per heavy atom. The largest absolute Gasteiger partial charge is 0.467 e. The first kappa shape index (κ1) is 16.7. The highest BCUT2D eigenvalue weighted by molar-refractivity contribution is 7.99. The van der Waals surface area contributed by atoms with Gasteiger partial charge in [0.15, 0.2) is 5.16 Å². The van der Waals surface area contributed by atoms with Gasteiger partial charge in [0.2, 0.25) is 0 Å². The zero-order chi connectivity index (χ0) is 17.2. The van der Waals surface area contributed by atoms with E-state index in [1.54, 1.807) is 40.8 Å². The van der Waals surface area contributed by atoms with Gasteiger partial charge in [-0.2, -0.15) is 0 Å². The van der Waals surface area contributed by atoms with Crippen molar-refractivity contribution in [2.45, 2.75) is 30.6 Å². The number of halogens is 1. The number of hydrogen-bond donors (Lipinski definition) is 0. The highest BCUT2D eigenvalue weighted by Crippen LogP contribution is 2.25. The van der Waals surface area contributed by atoms with Crippen LogP contribution in [-0.4, -0.2) is 28.0 Å². The second-order valence-corrected chi connectivity index (χ2v) is 7.40. The first-order chi connectivity index (χ1) is 12.2. The number of ether oxygens (including phenoxy) is 1. The topological polar surface area (TPSA) is 57.3 Å². The van der Waals surface area contributed by atoms with E-state index in [-0.39, 0.29) is 11.7 Å². The summed E-state index contributed by atoms with van der Waals surface area (Å²) in [7, 11) is 0. The fourth-order valence-corrected chi connectivity index (χ4v) is 4.16. The lowest BCUT2D eigenvalue weighted by Crippen LogP contribution is -2.24. The van der Waals surface area contributed by atoms with Crippen molar-refractivity contribution >= 4 is 34.3 Å². The molecule has 1 saturated heterocycles. The lowest BCUT2D eigenvalue weighted by atomic mass is 10.2. The number of aromatic nitrogens is 2. The van der Waals surface area contributed by atoms with Gasteiger partial charge in [0.05, 0.1) is 29.8 Å². The van der Waals surface area contributed by atoms with Crippen molar-refractivity contribution in [3.63, 3.8) is 0 Å². The fraction of sp³-hybridized carbons (Fsp3) is 0.333. The zero-order valence-corrected chi connectivity index (χ0v) is 15.1. The van der Waals surface area contributed by atoms with Crippen LogP contribution in [0.1, 0.15) is 18.6 Å². The van der Waals surface area contributed by atoms with Gasteiger partial charge >= 0.3 is 0 Å². The van der Waals surface area contributed by atoms with E-state index in [9.17, 15) is 4.79 Å². The normalized spacial score (nSPS) is 17.4. The van der Waals surface area contributed by atoms with Crippen LogP contribution < -0.4 is 5.56 Å². The lowest BCUT2D eigenvalue weighted by molar-refractivity contribution is 0.129. The molecule has 0 radical (unpaired) electrons. The van der Waals surface area contributed by atoms with Gasteiger partial charge in [-0.25, -0.2) is 4.98 Å². The second-order valence-electron chi connectivity index (χ2n) is 5.97. The molecule has 7 heteroatoms. The first-order valence-electron chi connectivity index (χ1n) is 8.17. The highest BCUT2D eigenvalue weighted by atomic mass is 35.5. The molecule has 0 saturated carbocycles. The zero-order valence-electron chi connectivity index (χ0n) is 13.5. The summed E-state index contributed by atoms with van der Waals surface area (Å²) in [5, 5.41) is 1.78. The van der Waals surface area contributed by atoms with Gasteiger partial charge in [-0.1, -0.05) is 23.4 Å². The number of fused-ring (bicyclic) bond motifs is 1. The molecular formula is C18H17ClN2O3S. The van der Waals surface area contributed by atoms with Crippen LogP contribution in [0.25, 0.3) is 10.9 Å². The molecule has 3 heterocycles. The molecule has 25 heavy (non-hydrogen) atoms. The van der Waals surface area contributed by atoms with Gasteiger partial charge in [0.1, 0.15) is 5.76 Å². The summed E-state index contributed by atoms with van der Waals surface area (Å²) < 4.78 is 12.8. The predicted molar refractivity (Wildman–Crippen MR) is 98.5 cm³/mol. The van der Waals surface area contributed by atoms with Crippen molar-refractivity contribution in [3.05, 3.63) is 57.7 Å². The van der Waals surface area contributed by atoms with Crippen molar-refractivity contribution in [2.75, 3.05) is 12.4 Å². The quantitative estimate of drug-likeness (QED) is 0.498. The Morgan fingerprint density at radius 2 is 2.28 bits per heavy atom. The molecule has 0 aliphatic carbocycles. The van der Waals surface area contributed by atoms with Gasteiger partial charge in [-0.05, 0) is 43.2 Å². The predicted octanol–water partition coefficient (Wildman–Crippen LogP) is 3.96. The minimum Gasteiger partial charge on any atom is -0.467 e. The van der Waals surface area contributed by atoms with Crippen LogP contribution in [0, 0.1) is 0 Å². The molecule has 130 valence electrons. The van der Waals surface area contributed by atoms with Gasteiger partial charge in [0, 0.05) is 17.4 Å². The Kier molecular flexibility index (Phi) is 4.83. The summed E-state index contributed by atoms with van der Waals surface area (Å²) in [6.07, 6.45) is 3.96. The first-order valence-corrected chi connectivity index (χ1v) is 9.54. The average molecular weight is 377 g/mol. The van der Waals surface area contributed by atoms with Crippen LogP contribution in [0.5, 0.6) is 0 Å². The van der Waals surface area contributed by atoms with Crippen LogP contribution >= 0.6 is 23.4 Å². The average Bonchev–Trinajstić information content (AvgIpc) is 3.29. The third-order valence-corrected chi connectivity index (χ3v) is 5.54. The summed E-state index contributed by atoms with van der Waals surface area (Å²) in [6.45, 7) is 1.16. The van der Waals surface area contributed by atoms with E-state index >= 15 is 0 Å². The van der Waals surface area contributed by atoms with Crippen molar-refractivity contribution in [1.29, 1.82) is 0 Å². The van der Waals surface area contributed by atoms with E-state index in [0.717, 1.165) is 31.0 Å². The number of rotatable bonds is 5. The Labute approximate surface area is 153 Å². The van der Waals surface area contributed by atoms with Crippen LogP contribution in [-0.2, 0) is 11.3 Å². The van der Waals surface area contributed by atoms with Crippen LogP contribution in [0.15, 0.2) is 51.0 Å². The third kappa shape index (κ3) is 3.61. The second kappa shape index (κ2) is 7.23. The molecule has 5 nitrogen and oxygen atoms in total. The molecule has 0 unspecified atom stereocenters. The van der Waals surface area contributed by atoms with Gasteiger partial charge in [-0.15, -0.1) is 0 Å². The van der Waals surface area contributed by atoms with Crippen LogP contribution in [0.3, 0.4) is 0 Å². The molecule has 1 fully saturated rings. The molecule has 1 aromatic carbocycles. The highest BCUT2D eigenvalue weighted by Gasteiger charge is 2.19. The van der Waals surface area contributed by atoms with Crippen molar-refractivity contribution in [1.82, 2.24) is 9.55 Å². The standard InChI is InChI=1S/C18H17ClN2O3S/c19-12-5-6-15-16(9-12)20-18(25-11-14-4-2-8-24-14)21(17(15)22)10-13-3-1-7-23-13/h1,3,5-7,9,14H,2,4,8,10-11H2/t14-/m0/s1. The monoisotopic (exact) mass is 376 g/mol. The smallest absolute Gasteiger partial charge is 0.262 e. The fourth-order valence-electron chi connectivity index (χ4n) is 2.93. The van der Waals surface area contributed by atoms with Crippen molar-refractivity contribution < 1.29 is 9.15 Å². The molecule has 3 aromatic rings. The molecule has 1 aliphatic heterocycles. The summed E-state index contributed by atoms with van der Waals surface area (Å²) in [6, 6.07) is 8.83. The van der Waals surface area contributed by atoms with Crippen molar-refractivity contribution in [3.8, 4) is 0 Å². The molecule has 0 N–H and O–H groups in total. The summed E-state index contributed by atoms with van der Waals surface area (Å²) in [4.78, 5) is 17.7. The van der Waals surface area contributed by atoms with Crippen molar-refractivity contribution in [2.24, 2.45) is 0 Å². The van der Waals surface area contributed by atoms with E-state index < -0.39 is 0 Å². The SMILES string of the molecule is O=c1c2ccc(Cl)cc2nc(SC[C@@H]2CCCO2)n1Cc1ccco1. The number of benzene rings is 1. The van der Waals surface area contributed by atoms with E-state index in [2.05, 4.69) is 4.98 Å². The van der Waals surface area contributed by atoms with Gasteiger partial charge < -0.3 is 9.15 Å². The third-order valence-electron chi connectivity index (χ3n) is 4.20. The number of nitrogens with zero attached hydrogens (tertiary/aromatic N) is 2. The Hall–Kier alpha value is -1.76. The maximum absolute atomic E-state index is 13.0. The number of thioether (sulfide) groups is 1. The Bertz CT molecular complexity index is 933. The Morgan fingerprint density at radius 3 is 3.04 bits per heavy atom. The minimum absolute atomic E-state index is 0.0899. The molecular weight excluding hydrogens is 360 g/mol. The molecule has 2 aromatic heterocycles. The van der Waals surface area contributed by atoms with E-state index in [1.165, 1.54) is 0 Å². The maximum atomic E-state index is 13.0. The van der Waals surface area contributed by atoms with Crippen LogP contribution in [0.4, 0.5) is 0 Å². The molecule has 4 rings (SSSR count). The van der Waals surface area contributed by atoms with E-state index in [1.807, 2.05) is 12.1 Å². The summed E-state index contributed by atoms with van der Waals surface area (Å²) >= 11 is 7.61. The summed E-state index contributed by atoms with van der Waals surface area (Å²) in [5.41, 5.74) is 0.524. The maximum Gasteiger partial charge on any atom is 0.262 e. The van der Waals surface area contributed by atoms with Gasteiger partial charge in [0.25, 0.3) is 5.56 Å². The lowest BCUT2D eigenvalue weighted by Gasteiger charge is -2.14. The molecule has 0 spiro atoms. The molecule has 1 aliphatic rings. The minimum atomic E-state index is -0.0899. The number of furan rings is 1.